The number of benzene rings is 1. The first kappa shape index (κ1) is 13.3. The Labute approximate surface area is 110 Å². The predicted molar refractivity (Wildman–Crippen MR) is 67.8 cm³/mol. The molecule has 0 radical (unpaired) electrons. The number of nitrogens with one attached hydrogen (secondary N) is 1. The van der Waals surface area contributed by atoms with E-state index in [1.54, 1.807) is 4.90 Å². The molecule has 1 unspecified atom stereocenters. The van der Waals surface area contributed by atoms with Crippen LogP contribution in [0.3, 0.4) is 0 Å². The number of carboxylic acid groups (broad SMARTS) is 1. The molecule has 0 spiro atoms. The second kappa shape index (κ2) is 5.26. The molecule has 1 aliphatic heterocycles. The fraction of sp³-hybridized carbons (Fsp3) is 0.385. The molecule has 1 saturated heterocycles. The molecule has 1 atom stereocenters. The van der Waals surface area contributed by atoms with E-state index in [2.05, 4.69) is 5.32 Å². The summed E-state index contributed by atoms with van der Waals surface area (Å²) in [5.41, 5.74) is -0.154. The lowest BCUT2D eigenvalue weighted by atomic mass is 10.2. The van der Waals surface area contributed by atoms with E-state index in [1.807, 2.05) is 6.92 Å². The van der Waals surface area contributed by atoms with Gasteiger partial charge in [0.1, 0.15) is 5.82 Å². The van der Waals surface area contributed by atoms with Crippen molar-refractivity contribution in [3.05, 3.63) is 29.6 Å². The lowest BCUT2D eigenvalue weighted by Crippen LogP contribution is -2.37. The first-order valence-electron chi connectivity index (χ1n) is 6.09. The van der Waals surface area contributed by atoms with Gasteiger partial charge in [0.25, 0.3) is 0 Å². The summed E-state index contributed by atoms with van der Waals surface area (Å²) in [5, 5.41) is 11.3. The van der Waals surface area contributed by atoms with Gasteiger partial charge in [0.05, 0.1) is 5.56 Å². The molecule has 1 aromatic carbocycles. The molecule has 19 heavy (non-hydrogen) atoms. The molecular formula is C13H15FN2O3. The summed E-state index contributed by atoms with van der Waals surface area (Å²) in [7, 11) is 0. The fourth-order valence-corrected chi connectivity index (χ4v) is 2.20. The van der Waals surface area contributed by atoms with E-state index in [0.29, 0.717) is 6.54 Å². The van der Waals surface area contributed by atoms with Crippen LogP contribution >= 0.6 is 0 Å². The number of halogens is 1. The highest BCUT2D eigenvalue weighted by molar-refractivity contribution is 5.92. The molecule has 2 amide bonds. The van der Waals surface area contributed by atoms with Crippen LogP contribution in [-0.4, -0.2) is 34.6 Å². The van der Waals surface area contributed by atoms with Gasteiger partial charge < -0.3 is 15.3 Å². The highest BCUT2D eigenvalue weighted by atomic mass is 19.1. The van der Waals surface area contributed by atoms with Crippen molar-refractivity contribution >= 4 is 17.7 Å². The third-order valence-corrected chi connectivity index (χ3v) is 3.26. The monoisotopic (exact) mass is 266 g/mol. The number of likely N-dealkylation sites (tertiary alicyclic amines) is 1. The van der Waals surface area contributed by atoms with Gasteiger partial charge in [-0.2, -0.15) is 0 Å². The summed E-state index contributed by atoms with van der Waals surface area (Å²) >= 11 is 0. The number of carbonyl (C=O) groups excluding carboxylic acids is 1. The van der Waals surface area contributed by atoms with Crippen molar-refractivity contribution in [2.24, 2.45) is 0 Å². The van der Waals surface area contributed by atoms with Crippen LogP contribution < -0.4 is 5.32 Å². The van der Waals surface area contributed by atoms with Crippen molar-refractivity contribution in [2.75, 3.05) is 11.9 Å². The maximum atomic E-state index is 13.5. The number of carbonyl (C=O) groups is 2. The van der Waals surface area contributed by atoms with Crippen LogP contribution in [0.1, 0.15) is 30.1 Å². The van der Waals surface area contributed by atoms with Crippen molar-refractivity contribution in [3.63, 3.8) is 0 Å². The van der Waals surface area contributed by atoms with Crippen LogP contribution in [0.15, 0.2) is 18.2 Å². The number of aromatic carboxylic acids is 1. The number of anilines is 1. The number of amides is 2. The zero-order valence-corrected chi connectivity index (χ0v) is 10.5. The summed E-state index contributed by atoms with van der Waals surface area (Å²) in [6, 6.07) is 3.42. The normalized spacial score (nSPS) is 18.4. The van der Waals surface area contributed by atoms with Gasteiger partial charge in [0.15, 0.2) is 0 Å². The maximum absolute atomic E-state index is 13.5. The highest BCUT2D eigenvalue weighted by Gasteiger charge is 2.25. The summed E-state index contributed by atoms with van der Waals surface area (Å²) < 4.78 is 13.5. The quantitative estimate of drug-likeness (QED) is 0.864. The van der Waals surface area contributed by atoms with Gasteiger partial charge in [0, 0.05) is 18.3 Å². The van der Waals surface area contributed by atoms with Gasteiger partial charge in [-0.3, -0.25) is 0 Å². The average molecular weight is 266 g/mol. The Bertz CT molecular complexity index is 519. The van der Waals surface area contributed by atoms with Crippen LogP contribution in [-0.2, 0) is 0 Å². The first-order valence-corrected chi connectivity index (χ1v) is 6.09. The number of hydrogen-bond acceptors (Lipinski definition) is 2. The van der Waals surface area contributed by atoms with Crippen molar-refractivity contribution in [1.29, 1.82) is 0 Å². The molecule has 5 nitrogen and oxygen atoms in total. The number of urea groups is 1. The van der Waals surface area contributed by atoms with Crippen LogP contribution in [0, 0.1) is 5.82 Å². The van der Waals surface area contributed by atoms with Gasteiger partial charge in [-0.25, -0.2) is 14.0 Å². The van der Waals surface area contributed by atoms with E-state index in [0.717, 1.165) is 25.0 Å². The molecule has 0 bridgehead atoms. The van der Waals surface area contributed by atoms with Gasteiger partial charge in [-0.05, 0) is 38.0 Å². The van der Waals surface area contributed by atoms with Crippen LogP contribution in [0.4, 0.5) is 14.9 Å². The lowest BCUT2D eigenvalue weighted by Gasteiger charge is -2.21. The minimum Gasteiger partial charge on any atom is -0.478 e. The molecule has 2 N–H and O–H groups in total. The van der Waals surface area contributed by atoms with Crippen molar-refractivity contribution in [1.82, 2.24) is 4.90 Å². The summed E-state index contributed by atoms with van der Waals surface area (Å²) in [5.74, 6) is -2.19. The fourth-order valence-electron chi connectivity index (χ4n) is 2.20. The van der Waals surface area contributed by atoms with Crippen molar-refractivity contribution in [3.8, 4) is 0 Å². The minimum atomic E-state index is -1.33. The molecule has 2 rings (SSSR count). The van der Waals surface area contributed by atoms with E-state index >= 15 is 0 Å². The minimum absolute atomic E-state index is 0.170. The van der Waals surface area contributed by atoms with Gasteiger partial charge >= 0.3 is 12.0 Å². The topological polar surface area (TPSA) is 69.6 Å². The lowest BCUT2D eigenvalue weighted by molar-refractivity contribution is 0.0692. The molecule has 1 aromatic rings. The molecular weight excluding hydrogens is 251 g/mol. The van der Waals surface area contributed by atoms with Gasteiger partial charge in [-0.1, -0.05) is 0 Å². The number of hydrogen-bond donors (Lipinski definition) is 2. The summed E-state index contributed by atoms with van der Waals surface area (Å²) in [4.78, 5) is 24.3. The number of carboxylic acids is 1. The molecule has 6 heteroatoms. The molecule has 0 saturated carbocycles. The molecule has 1 fully saturated rings. The SMILES string of the molecule is CC1CCCN1C(=O)Nc1ccc(C(=O)O)c(F)c1. The Hall–Kier alpha value is -2.11. The third-order valence-electron chi connectivity index (χ3n) is 3.26. The van der Waals surface area contributed by atoms with Crippen LogP contribution in [0.25, 0.3) is 0 Å². The van der Waals surface area contributed by atoms with E-state index < -0.39 is 17.3 Å². The summed E-state index contributed by atoms with van der Waals surface area (Å²) in [6.45, 7) is 2.64. The first-order chi connectivity index (χ1) is 8.99. The van der Waals surface area contributed by atoms with Gasteiger partial charge in [0.2, 0.25) is 0 Å². The Kier molecular flexibility index (Phi) is 3.69. The largest absolute Gasteiger partial charge is 0.478 e. The zero-order valence-electron chi connectivity index (χ0n) is 10.5. The Morgan fingerprint density at radius 2 is 2.21 bits per heavy atom. The smallest absolute Gasteiger partial charge is 0.338 e. The Balaban J connectivity index is 2.09. The standard InChI is InChI=1S/C13H15FN2O3/c1-8-3-2-6-16(8)13(19)15-9-4-5-10(12(17)18)11(14)7-9/h4-5,7-8H,2-3,6H2,1H3,(H,15,19)(H,17,18). The molecule has 1 aliphatic rings. The summed E-state index contributed by atoms with van der Waals surface area (Å²) in [6.07, 6.45) is 1.92. The maximum Gasteiger partial charge on any atom is 0.338 e. The van der Waals surface area contributed by atoms with E-state index in [-0.39, 0.29) is 17.8 Å². The van der Waals surface area contributed by atoms with E-state index in [4.69, 9.17) is 5.11 Å². The van der Waals surface area contributed by atoms with Crippen LogP contribution in [0.5, 0.6) is 0 Å². The molecule has 102 valence electrons. The Morgan fingerprint density at radius 3 is 2.74 bits per heavy atom. The van der Waals surface area contributed by atoms with E-state index in [9.17, 15) is 14.0 Å². The number of rotatable bonds is 2. The molecule has 1 heterocycles. The van der Waals surface area contributed by atoms with Crippen molar-refractivity contribution in [2.45, 2.75) is 25.8 Å². The van der Waals surface area contributed by atoms with Gasteiger partial charge in [-0.15, -0.1) is 0 Å². The zero-order chi connectivity index (χ0) is 14.0. The third kappa shape index (κ3) is 2.83. The van der Waals surface area contributed by atoms with Crippen molar-refractivity contribution < 1.29 is 19.1 Å². The second-order valence-corrected chi connectivity index (χ2v) is 4.61. The predicted octanol–water partition coefficient (Wildman–Crippen LogP) is 2.54. The Morgan fingerprint density at radius 1 is 1.47 bits per heavy atom. The highest BCUT2D eigenvalue weighted by Crippen LogP contribution is 2.19. The molecule has 0 aliphatic carbocycles. The second-order valence-electron chi connectivity index (χ2n) is 4.61. The van der Waals surface area contributed by atoms with Crippen LogP contribution in [0.2, 0.25) is 0 Å². The molecule has 0 aromatic heterocycles. The van der Waals surface area contributed by atoms with E-state index in [1.165, 1.54) is 6.07 Å². The average Bonchev–Trinajstić information content (AvgIpc) is 2.75. The number of nitrogens with zero attached hydrogens (tertiary/aromatic N) is 1.